The van der Waals surface area contributed by atoms with E-state index in [0.717, 1.165) is 18.4 Å². The number of carbonyl (C=O) groups excluding carboxylic acids is 1. The zero-order chi connectivity index (χ0) is 21.6. The Morgan fingerprint density at radius 3 is 2.17 bits per heavy atom. The predicted molar refractivity (Wildman–Crippen MR) is 121 cm³/mol. The van der Waals surface area contributed by atoms with Gasteiger partial charge >= 0.3 is 0 Å². The van der Waals surface area contributed by atoms with Crippen LogP contribution in [0.4, 0.5) is 0 Å². The summed E-state index contributed by atoms with van der Waals surface area (Å²) < 4.78 is 26.1. The molecule has 1 saturated heterocycles. The highest BCUT2D eigenvalue weighted by Crippen LogP contribution is 2.37. The predicted octanol–water partition coefficient (Wildman–Crippen LogP) is 3.51. The molecule has 1 amide bonds. The summed E-state index contributed by atoms with van der Waals surface area (Å²) in [5.41, 5.74) is 1.53. The molecule has 0 bridgehead atoms. The van der Waals surface area contributed by atoms with Crippen LogP contribution in [-0.2, 0) is 26.7 Å². The number of hydrogen-bond acceptors (Lipinski definition) is 3. The molecule has 162 valence electrons. The van der Waals surface area contributed by atoms with Crippen LogP contribution in [0.5, 0.6) is 0 Å². The van der Waals surface area contributed by atoms with Gasteiger partial charge in [-0.05, 0) is 50.7 Å². The van der Waals surface area contributed by atoms with Crippen LogP contribution >= 0.6 is 0 Å². The van der Waals surface area contributed by atoms with Crippen LogP contribution in [0.2, 0.25) is 0 Å². The number of carbonyl (C=O) groups is 1. The first kappa shape index (κ1) is 22.5. The van der Waals surface area contributed by atoms with Crippen LogP contribution in [-0.4, -0.2) is 43.5 Å². The molecular formula is C24H32N2O3S. The zero-order valence-corrected chi connectivity index (χ0v) is 18.7. The average Bonchev–Trinajstić information content (AvgIpc) is 2.79. The summed E-state index contributed by atoms with van der Waals surface area (Å²) >= 11 is 0. The summed E-state index contributed by atoms with van der Waals surface area (Å²) in [6, 6.07) is 20.1. The highest BCUT2D eigenvalue weighted by molar-refractivity contribution is 7.89. The van der Waals surface area contributed by atoms with Crippen molar-refractivity contribution in [2.45, 2.75) is 51.0 Å². The SMILES string of the molecule is CCS(=O)(=O)N1CCC(C(=O)NC(C)CCc2ccccc2)(c2ccccc2)CC1. The van der Waals surface area contributed by atoms with Crippen molar-refractivity contribution in [1.29, 1.82) is 0 Å². The van der Waals surface area contributed by atoms with E-state index in [2.05, 4.69) is 17.4 Å². The summed E-state index contributed by atoms with van der Waals surface area (Å²) in [6.07, 6.45) is 2.75. The van der Waals surface area contributed by atoms with Gasteiger partial charge in [-0.15, -0.1) is 0 Å². The van der Waals surface area contributed by atoms with E-state index in [0.29, 0.717) is 25.9 Å². The number of rotatable bonds is 8. The lowest BCUT2D eigenvalue weighted by atomic mass is 9.72. The Morgan fingerprint density at radius 2 is 1.60 bits per heavy atom. The molecule has 2 aromatic rings. The summed E-state index contributed by atoms with van der Waals surface area (Å²) in [5, 5.41) is 3.22. The van der Waals surface area contributed by atoms with Crippen molar-refractivity contribution >= 4 is 15.9 Å². The Hall–Kier alpha value is -2.18. The minimum Gasteiger partial charge on any atom is -0.353 e. The monoisotopic (exact) mass is 428 g/mol. The number of nitrogens with zero attached hydrogens (tertiary/aromatic N) is 1. The molecule has 3 rings (SSSR count). The third-order valence-electron chi connectivity index (χ3n) is 6.18. The van der Waals surface area contributed by atoms with Gasteiger partial charge in [-0.1, -0.05) is 60.7 Å². The number of amides is 1. The number of sulfonamides is 1. The molecule has 1 heterocycles. The lowest BCUT2D eigenvalue weighted by molar-refractivity contribution is -0.129. The van der Waals surface area contributed by atoms with Crippen molar-refractivity contribution in [2.75, 3.05) is 18.8 Å². The summed E-state index contributed by atoms with van der Waals surface area (Å²) in [7, 11) is -3.24. The smallest absolute Gasteiger partial charge is 0.230 e. The molecule has 0 spiro atoms. The first-order valence-electron chi connectivity index (χ1n) is 10.8. The Balaban J connectivity index is 1.72. The van der Waals surface area contributed by atoms with E-state index >= 15 is 0 Å². The topological polar surface area (TPSA) is 66.5 Å². The molecule has 1 aliphatic heterocycles. The van der Waals surface area contributed by atoms with Crippen molar-refractivity contribution < 1.29 is 13.2 Å². The second kappa shape index (κ2) is 9.75. The number of aryl methyl sites for hydroxylation is 1. The van der Waals surface area contributed by atoms with Gasteiger partial charge in [-0.25, -0.2) is 12.7 Å². The molecule has 1 N–H and O–H groups in total. The van der Waals surface area contributed by atoms with Gasteiger partial charge in [-0.2, -0.15) is 0 Å². The lowest BCUT2D eigenvalue weighted by Crippen LogP contribution is -2.54. The highest BCUT2D eigenvalue weighted by atomic mass is 32.2. The molecule has 6 heteroatoms. The van der Waals surface area contributed by atoms with Crippen molar-refractivity contribution in [3.63, 3.8) is 0 Å². The van der Waals surface area contributed by atoms with Crippen LogP contribution in [0.3, 0.4) is 0 Å². The quantitative estimate of drug-likeness (QED) is 0.700. The minimum absolute atomic E-state index is 0.00260. The number of piperidine rings is 1. The van der Waals surface area contributed by atoms with Crippen LogP contribution < -0.4 is 5.32 Å². The van der Waals surface area contributed by atoms with Gasteiger partial charge in [0, 0.05) is 19.1 Å². The van der Waals surface area contributed by atoms with Gasteiger partial charge < -0.3 is 5.32 Å². The van der Waals surface area contributed by atoms with Crippen LogP contribution in [0.1, 0.15) is 44.2 Å². The van der Waals surface area contributed by atoms with Crippen LogP contribution in [0.15, 0.2) is 60.7 Å². The van der Waals surface area contributed by atoms with Gasteiger partial charge in [0.05, 0.1) is 11.2 Å². The first-order valence-corrected chi connectivity index (χ1v) is 12.4. The Labute approximate surface area is 180 Å². The van der Waals surface area contributed by atoms with Crippen molar-refractivity contribution in [3.05, 3.63) is 71.8 Å². The molecule has 0 radical (unpaired) electrons. The maximum Gasteiger partial charge on any atom is 0.230 e. The van der Waals surface area contributed by atoms with E-state index in [-0.39, 0.29) is 17.7 Å². The van der Waals surface area contributed by atoms with E-state index in [1.807, 2.05) is 55.5 Å². The molecule has 30 heavy (non-hydrogen) atoms. The standard InChI is InChI=1S/C24H32N2O3S/c1-3-30(28,29)26-18-16-24(17-19-26,22-12-8-5-9-13-22)23(27)25-20(2)14-15-21-10-6-4-7-11-21/h4-13,20H,3,14-19H2,1-2H3,(H,25,27). The van der Waals surface area contributed by atoms with Crippen molar-refractivity contribution in [2.24, 2.45) is 0 Å². The molecule has 1 aliphatic rings. The van der Waals surface area contributed by atoms with Gasteiger partial charge in [0.1, 0.15) is 0 Å². The van der Waals surface area contributed by atoms with Crippen molar-refractivity contribution in [3.8, 4) is 0 Å². The third kappa shape index (κ3) is 5.10. The summed E-state index contributed by atoms with van der Waals surface area (Å²) in [4.78, 5) is 13.5. The Morgan fingerprint density at radius 1 is 1.03 bits per heavy atom. The summed E-state index contributed by atoms with van der Waals surface area (Å²) in [6.45, 7) is 4.44. The molecule has 1 atom stereocenters. The highest BCUT2D eigenvalue weighted by Gasteiger charge is 2.44. The fraction of sp³-hybridized carbons (Fsp3) is 0.458. The fourth-order valence-corrected chi connectivity index (χ4v) is 5.30. The van der Waals surface area contributed by atoms with E-state index < -0.39 is 15.4 Å². The van der Waals surface area contributed by atoms with Gasteiger partial charge in [0.25, 0.3) is 0 Å². The first-order chi connectivity index (χ1) is 14.4. The molecule has 0 aromatic heterocycles. The van der Waals surface area contributed by atoms with Crippen molar-refractivity contribution in [1.82, 2.24) is 9.62 Å². The maximum atomic E-state index is 13.5. The second-order valence-corrected chi connectivity index (χ2v) is 10.4. The number of nitrogens with one attached hydrogen (secondary N) is 1. The molecule has 0 aliphatic carbocycles. The molecule has 0 saturated carbocycles. The molecule has 2 aromatic carbocycles. The fourth-order valence-electron chi connectivity index (χ4n) is 4.19. The molecule has 5 nitrogen and oxygen atoms in total. The average molecular weight is 429 g/mol. The van der Waals surface area contributed by atoms with E-state index in [9.17, 15) is 13.2 Å². The molecule has 1 unspecified atom stereocenters. The molecular weight excluding hydrogens is 396 g/mol. The molecule has 1 fully saturated rings. The second-order valence-electron chi connectivity index (χ2n) is 8.15. The van der Waals surface area contributed by atoms with E-state index in [4.69, 9.17) is 0 Å². The van der Waals surface area contributed by atoms with Gasteiger partial charge in [-0.3, -0.25) is 4.79 Å². The Kier molecular flexibility index (Phi) is 7.32. The van der Waals surface area contributed by atoms with E-state index in [1.165, 1.54) is 9.87 Å². The maximum absolute atomic E-state index is 13.5. The van der Waals surface area contributed by atoms with Crippen LogP contribution in [0, 0.1) is 0 Å². The minimum atomic E-state index is -3.24. The van der Waals surface area contributed by atoms with Gasteiger partial charge in [0.15, 0.2) is 0 Å². The van der Waals surface area contributed by atoms with Gasteiger partial charge in [0.2, 0.25) is 15.9 Å². The number of benzene rings is 2. The summed E-state index contributed by atoms with van der Waals surface area (Å²) in [5.74, 6) is 0.0939. The zero-order valence-electron chi connectivity index (χ0n) is 17.9. The Bertz CT molecular complexity index is 921. The largest absolute Gasteiger partial charge is 0.353 e. The van der Waals surface area contributed by atoms with E-state index in [1.54, 1.807) is 6.92 Å². The normalized spacial score (nSPS) is 17.9. The van der Waals surface area contributed by atoms with Crippen LogP contribution in [0.25, 0.3) is 0 Å². The number of hydrogen-bond donors (Lipinski definition) is 1. The lowest BCUT2D eigenvalue weighted by Gasteiger charge is -2.41. The third-order valence-corrected chi connectivity index (χ3v) is 8.06.